The highest BCUT2D eigenvalue weighted by Crippen LogP contribution is 2.21. The van der Waals surface area contributed by atoms with Crippen molar-refractivity contribution in [3.05, 3.63) is 33.8 Å². The summed E-state index contributed by atoms with van der Waals surface area (Å²) < 4.78 is 30.2. The van der Waals surface area contributed by atoms with Crippen molar-refractivity contribution in [1.82, 2.24) is 0 Å². The van der Waals surface area contributed by atoms with Crippen LogP contribution in [0.25, 0.3) is 0 Å². The minimum atomic E-state index is -0.980. The molecule has 0 amide bonds. The van der Waals surface area contributed by atoms with Crippen LogP contribution in [0.2, 0.25) is 0 Å². The number of methoxy groups -OCH3 is 1. The van der Waals surface area contributed by atoms with Gasteiger partial charge in [0.15, 0.2) is 11.6 Å². The van der Waals surface area contributed by atoms with Crippen molar-refractivity contribution in [2.45, 2.75) is 6.42 Å². The van der Waals surface area contributed by atoms with Crippen LogP contribution in [0.3, 0.4) is 0 Å². The third-order valence-electron chi connectivity index (χ3n) is 1.65. The molecule has 76 valence electrons. The second kappa shape index (κ2) is 4.50. The maximum atomic E-state index is 12.8. The number of hydrogen-bond donors (Lipinski definition) is 0. The number of esters is 1. The minimum absolute atomic E-state index is 0.0890. The molecule has 14 heavy (non-hydrogen) atoms. The van der Waals surface area contributed by atoms with Crippen LogP contribution >= 0.6 is 15.9 Å². The molecule has 0 aromatic heterocycles. The molecule has 0 N–H and O–H groups in total. The second-order valence-electron chi connectivity index (χ2n) is 2.61. The maximum Gasteiger partial charge on any atom is 0.310 e. The van der Waals surface area contributed by atoms with Gasteiger partial charge in [-0.15, -0.1) is 0 Å². The molecule has 2 nitrogen and oxygen atoms in total. The van der Waals surface area contributed by atoms with Gasteiger partial charge in [0.25, 0.3) is 0 Å². The molecule has 1 rings (SSSR count). The molecule has 0 spiro atoms. The summed E-state index contributed by atoms with van der Waals surface area (Å²) in [6.07, 6.45) is -0.0890. The highest BCUT2D eigenvalue weighted by Gasteiger charge is 2.11. The fourth-order valence-electron chi connectivity index (χ4n) is 0.927. The molecule has 1 aromatic rings. The smallest absolute Gasteiger partial charge is 0.310 e. The number of rotatable bonds is 2. The highest BCUT2D eigenvalue weighted by atomic mass is 79.9. The van der Waals surface area contributed by atoms with E-state index in [1.54, 1.807) is 0 Å². The Kier molecular flexibility index (Phi) is 3.57. The Morgan fingerprint density at radius 1 is 1.43 bits per heavy atom. The van der Waals surface area contributed by atoms with E-state index in [2.05, 4.69) is 20.7 Å². The van der Waals surface area contributed by atoms with Gasteiger partial charge in [0, 0.05) is 4.47 Å². The van der Waals surface area contributed by atoms with Gasteiger partial charge < -0.3 is 4.74 Å². The summed E-state index contributed by atoms with van der Waals surface area (Å²) in [6.45, 7) is 0. The van der Waals surface area contributed by atoms with Gasteiger partial charge in [-0.1, -0.05) is 15.9 Å². The van der Waals surface area contributed by atoms with Gasteiger partial charge in [-0.25, -0.2) is 8.78 Å². The van der Waals surface area contributed by atoms with Gasteiger partial charge in [-0.3, -0.25) is 4.79 Å². The molecule has 0 bridgehead atoms. The molecule has 0 saturated carbocycles. The Balaban J connectivity index is 2.98. The van der Waals surface area contributed by atoms with E-state index < -0.39 is 17.6 Å². The van der Waals surface area contributed by atoms with Gasteiger partial charge in [-0.05, 0) is 17.7 Å². The quantitative estimate of drug-likeness (QED) is 0.606. The van der Waals surface area contributed by atoms with E-state index in [1.807, 2.05) is 0 Å². The van der Waals surface area contributed by atoms with E-state index in [1.165, 1.54) is 7.11 Å². The number of benzene rings is 1. The van der Waals surface area contributed by atoms with Crippen LogP contribution in [0, 0.1) is 11.6 Å². The van der Waals surface area contributed by atoms with Crippen molar-refractivity contribution in [2.24, 2.45) is 0 Å². The van der Waals surface area contributed by atoms with E-state index in [0.29, 0.717) is 10.0 Å². The third kappa shape index (κ3) is 2.51. The molecule has 0 unspecified atom stereocenters. The van der Waals surface area contributed by atoms with E-state index in [0.717, 1.165) is 12.1 Å². The van der Waals surface area contributed by atoms with E-state index in [9.17, 15) is 13.6 Å². The first kappa shape index (κ1) is 11.1. The zero-order valence-corrected chi connectivity index (χ0v) is 8.90. The van der Waals surface area contributed by atoms with Crippen LogP contribution in [0.5, 0.6) is 0 Å². The van der Waals surface area contributed by atoms with Gasteiger partial charge in [-0.2, -0.15) is 0 Å². The zero-order chi connectivity index (χ0) is 10.7. The Bertz CT molecular complexity index is 366. The molecule has 0 aliphatic rings. The largest absolute Gasteiger partial charge is 0.469 e. The molecule has 0 aliphatic carbocycles. The Labute approximate surface area is 88.0 Å². The third-order valence-corrected chi connectivity index (χ3v) is 2.39. The van der Waals surface area contributed by atoms with E-state index >= 15 is 0 Å². The standard InChI is InChI=1S/C9H7BrF2O2/c1-14-9(13)3-5-2-7(11)8(12)4-6(5)10/h2,4H,3H2,1H3. The Hall–Kier alpha value is -0.970. The van der Waals surface area contributed by atoms with Crippen molar-refractivity contribution < 1.29 is 18.3 Å². The lowest BCUT2D eigenvalue weighted by atomic mass is 10.1. The molecular weight excluding hydrogens is 258 g/mol. The Morgan fingerprint density at radius 3 is 2.57 bits per heavy atom. The highest BCUT2D eigenvalue weighted by molar-refractivity contribution is 9.10. The Morgan fingerprint density at radius 2 is 2.00 bits per heavy atom. The monoisotopic (exact) mass is 264 g/mol. The van der Waals surface area contributed by atoms with Crippen LogP contribution in [0.1, 0.15) is 5.56 Å². The second-order valence-corrected chi connectivity index (χ2v) is 3.46. The van der Waals surface area contributed by atoms with Crippen LogP contribution in [0.15, 0.2) is 16.6 Å². The SMILES string of the molecule is COC(=O)Cc1cc(F)c(F)cc1Br. The van der Waals surface area contributed by atoms with Crippen LogP contribution in [0.4, 0.5) is 8.78 Å². The number of ether oxygens (including phenoxy) is 1. The molecule has 0 saturated heterocycles. The van der Waals surface area contributed by atoms with E-state index in [-0.39, 0.29) is 6.42 Å². The summed E-state index contributed by atoms with van der Waals surface area (Å²) in [4.78, 5) is 10.9. The van der Waals surface area contributed by atoms with Crippen LogP contribution in [-0.4, -0.2) is 13.1 Å². The molecular formula is C9H7BrF2O2. The van der Waals surface area contributed by atoms with Crippen molar-refractivity contribution in [1.29, 1.82) is 0 Å². The van der Waals surface area contributed by atoms with Crippen LogP contribution in [-0.2, 0) is 16.0 Å². The molecule has 1 aromatic carbocycles. The lowest BCUT2D eigenvalue weighted by Crippen LogP contribution is -2.05. The van der Waals surface area contributed by atoms with Crippen molar-refractivity contribution >= 4 is 21.9 Å². The van der Waals surface area contributed by atoms with Gasteiger partial charge in [0.2, 0.25) is 0 Å². The molecule has 0 heterocycles. The average Bonchev–Trinajstić information content (AvgIpc) is 2.14. The summed E-state index contributed by atoms with van der Waals surface area (Å²) in [7, 11) is 1.23. The number of hydrogen-bond acceptors (Lipinski definition) is 2. The lowest BCUT2D eigenvalue weighted by molar-refractivity contribution is -0.139. The minimum Gasteiger partial charge on any atom is -0.469 e. The van der Waals surface area contributed by atoms with E-state index in [4.69, 9.17) is 0 Å². The van der Waals surface area contributed by atoms with Crippen LogP contribution < -0.4 is 0 Å². The lowest BCUT2D eigenvalue weighted by Gasteiger charge is -2.03. The first-order chi connectivity index (χ1) is 6.54. The summed E-state index contributed by atoms with van der Waals surface area (Å²) >= 11 is 3.02. The summed E-state index contributed by atoms with van der Waals surface area (Å²) in [5.41, 5.74) is 0.357. The fourth-order valence-corrected chi connectivity index (χ4v) is 1.38. The first-order valence-electron chi connectivity index (χ1n) is 3.75. The van der Waals surface area contributed by atoms with Gasteiger partial charge >= 0.3 is 5.97 Å². The summed E-state index contributed by atoms with van der Waals surface area (Å²) in [5.74, 6) is -2.44. The summed E-state index contributed by atoms with van der Waals surface area (Å²) in [5, 5.41) is 0. The van der Waals surface area contributed by atoms with Crippen molar-refractivity contribution in [3.8, 4) is 0 Å². The molecule has 0 radical (unpaired) electrons. The molecule has 0 fully saturated rings. The maximum absolute atomic E-state index is 12.8. The van der Waals surface area contributed by atoms with Gasteiger partial charge in [0.1, 0.15) is 0 Å². The predicted molar refractivity (Wildman–Crippen MR) is 49.8 cm³/mol. The van der Waals surface area contributed by atoms with Crippen molar-refractivity contribution in [2.75, 3.05) is 7.11 Å². The number of carbonyl (C=O) groups is 1. The zero-order valence-electron chi connectivity index (χ0n) is 7.31. The van der Waals surface area contributed by atoms with Gasteiger partial charge in [0.05, 0.1) is 13.5 Å². The summed E-state index contributed by atoms with van der Waals surface area (Å²) in [6, 6.07) is 1.95. The molecule has 0 aliphatic heterocycles. The number of halogens is 3. The predicted octanol–water partition coefficient (Wildman–Crippen LogP) is 2.44. The number of carbonyl (C=O) groups excluding carboxylic acids is 1. The normalized spacial score (nSPS) is 10.0. The topological polar surface area (TPSA) is 26.3 Å². The first-order valence-corrected chi connectivity index (χ1v) is 4.54. The average molecular weight is 265 g/mol. The fraction of sp³-hybridized carbons (Fsp3) is 0.222. The molecule has 5 heteroatoms. The molecule has 0 atom stereocenters. The van der Waals surface area contributed by atoms with Crippen molar-refractivity contribution in [3.63, 3.8) is 0 Å².